The van der Waals surface area contributed by atoms with Crippen LogP contribution in [0.4, 0.5) is 4.39 Å². The van der Waals surface area contributed by atoms with E-state index < -0.39 is 0 Å². The Morgan fingerprint density at radius 2 is 1.64 bits per heavy atom. The zero-order chi connectivity index (χ0) is 17.8. The smallest absolute Gasteiger partial charge is 0.187 e. The fraction of sp³-hybridized carbons (Fsp3) is 0.190. The molecule has 1 saturated heterocycles. The topological polar surface area (TPSA) is 29.5 Å². The molecule has 0 aromatic heterocycles. The van der Waals surface area contributed by atoms with E-state index in [1.807, 2.05) is 42.3 Å². The zero-order valence-corrected chi connectivity index (χ0v) is 14.3. The molecule has 3 nitrogen and oxygen atoms in total. The summed E-state index contributed by atoms with van der Waals surface area (Å²) in [6, 6.07) is 14.0. The van der Waals surface area contributed by atoms with Gasteiger partial charge in [0.15, 0.2) is 5.78 Å². The number of nitrogens with zero attached hydrogens (tertiary/aromatic N) is 1. The minimum atomic E-state index is -0.322. The van der Waals surface area contributed by atoms with Gasteiger partial charge in [0.05, 0.1) is 7.11 Å². The Hall–Kier alpha value is -2.72. The molecule has 1 aliphatic rings. The van der Waals surface area contributed by atoms with Crippen LogP contribution in [-0.4, -0.2) is 37.9 Å². The number of likely N-dealkylation sites (N-methyl/N-ethyl adjacent to an activating group) is 1. The zero-order valence-electron chi connectivity index (χ0n) is 14.3. The number of rotatable bonds is 3. The molecular weight excluding hydrogens is 317 g/mol. The van der Waals surface area contributed by atoms with Gasteiger partial charge in [-0.15, -0.1) is 0 Å². The Kier molecular flexibility index (Phi) is 5.10. The van der Waals surface area contributed by atoms with Crippen molar-refractivity contribution >= 4 is 17.9 Å². The number of carbonyl (C=O) groups is 1. The van der Waals surface area contributed by atoms with E-state index in [1.54, 1.807) is 31.4 Å². The number of ketones is 1. The van der Waals surface area contributed by atoms with Crippen LogP contribution < -0.4 is 4.74 Å². The lowest BCUT2D eigenvalue weighted by Crippen LogP contribution is -2.34. The van der Waals surface area contributed by atoms with Crippen molar-refractivity contribution in [1.29, 1.82) is 0 Å². The fourth-order valence-corrected chi connectivity index (χ4v) is 2.89. The normalized spacial score (nSPS) is 18.8. The Balaban J connectivity index is 1.91. The van der Waals surface area contributed by atoms with E-state index in [-0.39, 0.29) is 11.6 Å². The van der Waals surface area contributed by atoms with Crippen LogP contribution in [0, 0.1) is 5.82 Å². The molecule has 0 amide bonds. The summed E-state index contributed by atoms with van der Waals surface area (Å²) < 4.78 is 19.0. The molecule has 4 heteroatoms. The number of benzene rings is 2. The summed E-state index contributed by atoms with van der Waals surface area (Å²) in [4.78, 5) is 14.8. The molecule has 128 valence electrons. The highest BCUT2D eigenvalue weighted by Crippen LogP contribution is 2.22. The molecular formula is C21H20FNO2. The van der Waals surface area contributed by atoms with E-state index in [9.17, 15) is 9.18 Å². The van der Waals surface area contributed by atoms with Gasteiger partial charge in [0.1, 0.15) is 11.6 Å². The molecule has 0 N–H and O–H groups in total. The minimum Gasteiger partial charge on any atom is -0.497 e. The number of ether oxygens (including phenoxy) is 1. The van der Waals surface area contributed by atoms with Gasteiger partial charge in [-0.05, 0) is 43.0 Å². The first-order valence-electron chi connectivity index (χ1n) is 8.10. The van der Waals surface area contributed by atoms with Crippen molar-refractivity contribution in [1.82, 2.24) is 4.90 Å². The van der Waals surface area contributed by atoms with Crippen molar-refractivity contribution < 1.29 is 13.9 Å². The minimum absolute atomic E-state index is 0.0304. The standard InChI is InChI=1S/C21H20FNO2/c1-23-13-17(11-15-7-9-19(25-2)10-8-15)21(24)18(14-23)12-16-5-3-4-6-20(16)22/h3-12H,13-14H2,1-2H3/b17-11+,18-12+. The van der Waals surface area contributed by atoms with Gasteiger partial charge in [0.2, 0.25) is 0 Å². The second-order valence-electron chi connectivity index (χ2n) is 6.14. The number of hydrogen-bond acceptors (Lipinski definition) is 3. The Labute approximate surface area is 147 Å². The van der Waals surface area contributed by atoms with Crippen molar-refractivity contribution in [3.05, 3.63) is 76.6 Å². The predicted molar refractivity (Wildman–Crippen MR) is 97.9 cm³/mol. The van der Waals surface area contributed by atoms with Crippen LogP contribution in [0.3, 0.4) is 0 Å². The van der Waals surface area contributed by atoms with Crippen LogP contribution in [0.1, 0.15) is 11.1 Å². The maximum Gasteiger partial charge on any atom is 0.187 e. The van der Waals surface area contributed by atoms with Gasteiger partial charge in [0, 0.05) is 29.8 Å². The Morgan fingerprint density at radius 3 is 2.28 bits per heavy atom. The number of piperidine rings is 1. The molecule has 1 aliphatic heterocycles. The molecule has 1 fully saturated rings. The fourth-order valence-electron chi connectivity index (χ4n) is 2.89. The summed E-state index contributed by atoms with van der Waals surface area (Å²) in [6.45, 7) is 1.08. The number of methoxy groups -OCH3 is 1. The van der Waals surface area contributed by atoms with Gasteiger partial charge in [0.25, 0.3) is 0 Å². The number of carbonyl (C=O) groups excluding carboxylic acids is 1. The number of Topliss-reactive ketones (excluding diaryl/α,β-unsaturated/α-hetero) is 1. The average molecular weight is 337 g/mol. The first-order chi connectivity index (χ1) is 12.1. The highest BCUT2D eigenvalue weighted by atomic mass is 19.1. The lowest BCUT2D eigenvalue weighted by molar-refractivity contribution is -0.113. The number of hydrogen-bond donors (Lipinski definition) is 0. The number of halogens is 1. The lowest BCUT2D eigenvalue weighted by atomic mass is 9.94. The van der Waals surface area contributed by atoms with Crippen molar-refractivity contribution in [2.75, 3.05) is 27.2 Å². The molecule has 1 heterocycles. The summed E-state index contributed by atoms with van der Waals surface area (Å²) in [7, 11) is 3.57. The first-order valence-corrected chi connectivity index (χ1v) is 8.10. The van der Waals surface area contributed by atoms with Gasteiger partial charge in [-0.3, -0.25) is 9.69 Å². The second-order valence-corrected chi connectivity index (χ2v) is 6.14. The van der Waals surface area contributed by atoms with Crippen molar-refractivity contribution in [3.8, 4) is 5.75 Å². The Bertz CT molecular complexity index is 837. The third-order valence-electron chi connectivity index (χ3n) is 4.16. The summed E-state index contributed by atoms with van der Waals surface area (Å²) >= 11 is 0. The summed E-state index contributed by atoms with van der Waals surface area (Å²) in [6.07, 6.45) is 3.53. The lowest BCUT2D eigenvalue weighted by Gasteiger charge is -2.26. The molecule has 25 heavy (non-hydrogen) atoms. The van der Waals surface area contributed by atoms with E-state index in [0.717, 1.165) is 11.3 Å². The number of likely N-dealkylation sites (tertiary alicyclic amines) is 1. The molecule has 0 saturated carbocycles. The van der Waals surface area contributed by atoms with Crippen LogP contribution in [0.25, 0.3) is 12.2 Å². The predicted octanol–water partition coefficient (Wildman–Crippen LogP) is 3.82. The maximum absolute atomic E-state index is 13.9. The maximum atomic E-state index is 13.9. The molecule has 0 bridgehead atoms. The third-order valence-corrected chi connectivity index (χ3v) is 4.16. The molecule has 0 radical (unpaired) electrons. The molecule has 0 aliphatic carbocycles. The van der Waals surface area contributed by atoms with Crippen molar-refractivity contribution in [3.63, 3.8) is 0 Å². The van der Waals surface area contributed by atoms with E-state index in [0.29, 0.717) is 29.8 Å². The SMILES string of the molecule is COc1ccc(/C=C2\CN(C)C/C(=C\c3ccccc3F)C2=O)cc1. The van der Waals surface area contributed by atoms with Crippen LogP contribution >= 0.6 is 0 Å². The molecule has 3 rings (SSSR count). The quantitative estimate of drug-likeness (QED) is 0.798. The largest absolute Gasteiger partial charge is 0.497 e. The van der Waals surface area contributed by atoms with Gasteiger partial charge < -0.3 is 4.74 Å². The highest BCUT2D eigenvalue weighted by Gasteiger charge is 2.24. The van der Waals surface area contributed by atoms with Gasteiger partial charge in [-0.2, -0.15) is 0 Å². The molecule has 2 aromatic rings. The first kappa shape index (κ1) is 17.1. The third kappa shape index (κ3) is 4.03. The van der Waals surface area contributed by atoms with Crippen LogP contribution in [0.15, 0.2) is 59.7 Å². The van der Waals surface area contributed by atoms with E-state index in [4.69, 9.17) is 4.74 Å². The average Bonchev–Trinajstić information content (AvgIpc) is 2.61. The second kappa shape index (κ2) is 7.45. The van der Waals surface area contributed by atoms with E-state index in [2.05, 4.69) is 0 Å². The van der Waals surface area contributed by atoms with Gasteiger partial charge in [-0.1, -0.05) is 30.3 Å². The van der Waals surface area contributed by atoms with Crippen LogP contribution in [0.5, 0.6) is 5.75 Å². The summed E-state index contributed by atoms with van der Waals surface area (Å²) in [5, 5.41) is 0. The van der Waals surface area contributed by atoms with Crippen LogP contribution in [0.2, 0.25) is 0 Å². The van der Waals surface area contributed by atoms with E-state index in [1.165, 1.54) is 6.07 Å². The summed E-state index contributed by atoms with van der Waals surface area (Å²) in [5.41, 5.74) is 2.66. The molecule has 0 unspecified atom stereocenters. The molecule has 0 atom stereocenters. The van der Waals surface area contributed by atoms with Crippen molar-refractivity contribution in [2.45, 2.75) is 0 Å². The molecule has 0 spiro atoms. The van der Waals surface area contributed by atoms with Crippen molar-refractivity contribution in [2.24, 2.45) is 0 Å². The summed E-state index contributed by atoms with van der Waals surface area (Å²) in [5.74, 6) is 0.420. The van der Waals surface area contributed by atoms with Crippen LogP contribution in [-0.2, 0) is 4.79 Å². The Morgan fingerprint density at radius 1 is 1.00 bits per heavy atom. The van der Waals surface area contributed by atoms with Gasteiger partial charge in [-0.25, -0.2) is 4.39 Å². The van der Waals surface area contributed by atoms with Gasteiger partial charge >= 0.3 is 0 Å². The van der Waals surface area contributed by atoms with E-state index >= 15 is 0 Å². The highest BCUT2D eigenvalue weighted by molar-refractivity contribution is 6.14. The monoisotopic (exact) mass is 337 g/mol. The molecule has 2 aromatic carbocycles.